The van der Waals surface area contributed by atoms with E-state index in [9.17, 15) is 14.4 Å². The predicted molar refractivity (Wildman–Crippen MR) is 111 cm³/mol. The molecular formula is C22H26N2O5. The summed E-state index contributed by atoms with van der Waals surface area (Å²) in [5.74, 6) is 0.00960. The molecule has 0 atom stereocenters. The molecule has 2 aromatic carbocycles. The molecule has 7 nitrogen and oxygen atoms in total. The summed E-state index contributed by atoms with van der Waals surface area (Å²) in [6, 6.07) is 13.4. The molecule has 0 aliphatic carbocycles. The van der Waals surface area contributed by atoms with Gasteiger partial charge in [0.2, 0.25) is 0 Å². The first-order chi connectivity index (χ1) is 13.9. The molecule has 7 heteroatoms. The normalized spacial score (nSPS) is 10.3. The third kappa shape index (κ3) is 7.65. The molecule has 0 bridgehead atoms. The van der Waals surface area contributed by atoms with E-state index in [1.165, 1.54) is 0 Å². The molecule has 0 heterocycles. The first-order valence-electron chi connectivity index (χ1n) is 9.38. The SMILES string of the molecule is COc1ccc(NC(=O)c2ccc(NC(=O)COC(=O)CCC(C)C)cc2)cc1. The zero-order valence-corrected chi connectivity index (χ0v) is 16.9. The van der Waals surface area contributed by atoms with Crippen molar-refractivity contribution in [3.63, 3.8) is 0 Å². The summed E-state index contributed by atoms with van der Waals surface area (Å²) in [5, 5.41) is 5.41. The molecule has 2 N–H and O–H groups in total. The van der Waals surface area contributed by atoms with E-state index in [2.05, 4.69) is 10.6 Å². The number of carbonyl (C=O) groups is 3. The van der Waals surface area contributed by atoms with Crippen LogP contribution in [0.1, 0.15) is 37.0 Å². The smallest absolute Gasteiger partial charge is 0.306 e. The van der Waals surface area contributed by atoms with Crippen molar-refractivity contribution in [3.05, 3.63) is 54.1 Å². The topological polar surface area (TPSA) is 93.7 Å². The van der Waals surface area contributed by atoms with Crippen LogP contribution in [0, 0.1) is 5.92 Å². The largest absolute Gasteiger partial charge is 0.497 e. The Balaban J connectivity index is 1.81. The molecular weight excluding hydrogens is 372 g/mol. The van der Waals surface area contributed by atoms with Gasteiger partial charge >= 0.3 is 5.97 Å². The van der Waals surface area contributed by atoms with Gasteiger partial charge in [0.25, 0.3) is 11.8 Å². The second kappa shape index (κ2) is 10.8. The van der Waals surface area contributed by atoms with Crippen LogP contribution in [0.3, 0.4) is 0 Å². The van der Waals surface area contributed by atoms with Crippen LogP contribution in [0.15, 0.2) is 48.5 Å². The highest BCUT2D eigenvalue weighted by Gasteiger charge is 2.10. The van der Waals surface area contributed by atoms with Gasteiger partial charge in [-0.1, -0.05) is 13.8 Å². The molecule has 0 saturated carbocycles. The summed E-state index contributed by atoms with van der Waals surface area (Å²) < 4.78 is 10.0. The Kier molecular flexibility index (Phi) is 8.21. The maximum absolute atomic E-state index is 12.3. The number of hydrogen-bond donors (Lipinski definition) is 2. The fourth-order valence-electron chi connectivity index (χ4n) is 2.40. The third-order valence-electron chi connectivity index (χ3n) is 4.07. The highest BCUT2D eigenvalue weighted by atomic mass is 16.5. The van der Waals surface area contributed by atoms with E-state index in [-0.39, 0.29) is 18.5 Å². The molecule has 2 amide bonds. The van der Waals surface area contributed by atoms with Gasteiger partial charge in [-0.2, -0.15) is 0 Å². The lowest BCUT2D eigenvalue weighted by Crippen LogP contribution is -2.21. The van der Waals surface area contributed by atoms with Gasteiger partial charge in [0, 0.05) is 23.4 Å². The molecule has 0 spiro atoms. The first-order valence-corrected chi connectivity index (χ1v) is 9.38. The third-order valence-corrected chi connectivity index (χ3v) is 4.07. The lowest BCUT2D eigenvalue weighted by atomic mass is 10.1. The number of esters is 1. The van der Waals surface area contributed by atoms with Gasteiger partial charge in [-0.15, -0.1) is 0 Å². The van der Waals surface area contributed by atoms with Gasteiger partial charge in [-0.25, -0.2) is 0 Å². The number of carbonyl (C=O) groups excluding carboxylic acids is 3. The van der Waals surface area contributed by atoms with Crippen molar-refractivity contribution >= 4 is 29.2 Å². The fraction of sp³-hybridized carbons (Fsp3) is 0.318. The van der Waals surface area contributed by atoms with Crippen LogP contribution in [-0.4, -0.2) is 31.5 Å². The molecule has 0 fully saturated rings. The minimum Gasteiger partial charge on any atom is -0.497 e. The van der Waals surface area contributed by atoms with E-state index in [4.69, 9.17) is 9.47 Å². The van der Waals surface area contributed by atoms with Crippen molar-refractivity contribution < 1.29 is 23.9 Å². The maximum atomic E-state index is 12.3. The lowest BCUT2D eigenvalue weighted by Gasteiger charge is -2.09. The van der Waals surface area contributed by atoms with Gasteiger partial charge < -0.3 is 20.1 Å². The molecule has 0 aliphatic rings. The van der Waals surface area contributed by atoms with Crippen LogP contribution in [0.4, 0.5) is 11.4 Å². The molecule has 29 heavy (non-hydrogen) atoms. The lowest BCUT2D eigenvalue weighted by molar-refractivity contribution is -0.147. The zero-order valence-electron chi connectivity index (χ0n) is 16.9. The second-order valence-electron chi connectivity index (χ2n) is 6.90. The summed E-state index contributed by atoms with van der Waals surface area (Å²) >= 11 is 0. The molecule has 0 radical (unpaired) electrons. The quantitative estimate of drug-likeness (QED) is 0.626. The highest BCUT2D eigenvalue weighted by molar-refractivity contribution is 6.04. The van der Waals surface area contributed by atoms with Crippen LogP contribution in [0.5, 0.6) is 5.75 Å². The van der Waals surface area contributed by atoms with E-state index >= 15 is 0 Å². The Labute approximate surface area is 170 Å². The number of benzene rings is 2. The molecule has 0 aliphatic heterocycles. The average Bonchev–Trinajstić information content (AvgIpc) is 2.71. The number of hydrogen-bond acceptors (Lipinski definition) is 5. The molecule has 0 aromatic heterocycles. The summed E-state index contributed by atoms with van der Waals surface area (Å²) in [6.07, 6.45) is 1.02. The minimum absolute atomic E-state index is 0.271. The van der Waals surface area contributed by atoms with E-state index in [0.717, 1.165) is 6.42 Å². The van der Waals surface area contributed by atoms with Gasteiger partial charge in [0.1, 0.15) is 5.75 Å². The van der Waals surface area contributed by atoms with Crippen molar-refractivity contribution in [2.24, 2.45) is 5.92 Å². The van der Waals surface area contributed by atoms with E-state index in [0.29, 0.717) is 35.0 Å². The molecule has 2 aromatic rings. The zero-order chi connectivity index (χ0) is 21.2. The van der Waals surface area contributed by atoms with Crippen molar-refractivity contribution in [1.29, 1.82) is 0 Å². The van der Waals surface area contributed by atoms with E-state index < -0.39 is 5.91 Å². The first kappa shape index (κ1) is 21.9. The van der Waals surface area contributed by atoms with Gasteiger partial charge in [-0.05, 0) is 60.9 Å². The Morgan fingerprint density at radius 1 is 0.897 bits per heavy atom. The summed E-state index contributed by atoms with van der Waals surface area (Å²) in [7, 11) is 1.57. The van der Waals surface area contributed by atoms with Gasteiger partial charge in [0.05, 0.1) is 7.11 Å². The number of rotatable bonds is 9. The second-order valence-corrected chi connectivity index (χ2v) is 6.90. The highest BCUT2D eigenvalue weighted by Crippen LogP contribution is 2.17. The Morgan fingerprint density at radius 2 is 1.48 bits per heavy atom. The molecule has 0 saturated heterocycles. The number of amides is 2. The Morgan fingerprint density at radius 3 is 2.07 bits per heavy atom. The van der Waals surface area contributed by atoms with Crippen LogP contribution in [-0.2, 0) is 14.3 Å². The molecule has 0 unspecified atom stereocenters. The maximum Gasteiger partial charge on any atom is 0.306 e. The molecule has 154 valence electrons. The predicted octanol–water partition coefficient (Wildman–Crippen LogP) is 3.87. The monoisotopic (exact) mass is 398 g/mol. The van der Waals surface area contributed by atoms with E-state index in [1.54, 1.807) is 55.6 Å². The summed E-state index contributed by atoms with van der Waals surface area (Å²) in [6.45, 7) is 3.69. The van der Waals surface area contributed by atoms with Gasteiger partial charge in [-0.3, -0.25) is 14.4 Å². The van der Waals surface area contributed by atoms with Crippen molar-refractivity contribution in [2.75, 3.05) is 24.4 Å². The van der Waals surface area contributed by atoms with Crippen LogP contribution < -0.4 is 15.4 Å². The fourth-order valence-corrected chi connectivity index (χ4v) is 2.40. The van der Waals surface area contributed by atoms with Crippen molar-refractivity contribution in [1.82, 2.24) is 0 Å². The van der Waals surface area contributed by atoms with E-state index in [1.807, 2.05) is 13.8 Å². The minimum atomic E-state index is -0.432. The van der Waals surface area contributed by atoms with Crippen LogP contribution in [0.25, 0.3) is 0 Å². The van der Waals surface area contributed by atoms with Crippen LogP contribution in [0.2, 0.25) is 0 Å². The Bertz CT molecular complexity index is 829. The number of nitrogens with one attached hydrogen (secondary N) is 2. The van der Waals surface area contributed by atoms with Gasteiger partial charge in [0.15, 0.2) is 6.61 Å². The number of methoxy groups -OCH3 is 1. The van der Waals surface area contributed by atoms with Crippen molar-refractivity contribution in [3.8, 4) is 5.75 Å². The summed E-state index contributed by atoms with van der Waals surface area (Å²) in [5.41, 5.74) is 1.60. The number of anilines is 2. The van der Waals surface area contributed by atoms with Crippen LogP contribution >= 0.6 is 0 Å². The average molecular weight is 398 g/mol. The standard InChI is InChI=1S/C22H26N2O5/c1-15(2)4-13-21(26)29-14-20(25)23-17-7-5-16(6-8-17)22(27)24-18-9-11-19(28-3)12-10-18/h5-12,15H,4,13-14H2,1-3H3,(H,23,25)(H,24,27). The van der Waals surface area contributed by atoms with Crippen molar-refractivity contribution in [2.45, 2.75) is 26.7 Å². The summed E-state index contributed by atoms with van der Waals surface area (Å²) in [4.78, 5) is 35.7. The Hall–Kier alpha value is -3.35. The number of ether oxygens (including phenoxy) is 2. The molecule has 2 rings (SSSR count).